The van der Waals surface area contributed by atoms with E-state index in [0.717, 1.165) is 23.3 Å². The lowest BCUT2D eigenvalue weighted by molar-refractivity contribution is -0.384. The zero-order chi connectivity index (χ0) is 20.3. The Morgan fingerprint density at radius 3 is 2.82 bits per heavy atom. The molecule has 0 fully saturated rings. The fourth-order valence-electron chi connectivity index (χ4n) is 3.22. The van der Waals surface area contributed by atoms with Crippen molar-refractivity contribution in [2.24, 2.45) is 0 Å². The number of hydrogen-bond acceptors (Lipinski definition) is 6. The first-order chi connectivity index (χ1) is 13.4. The summed E-state index contributed by atoms with van der Waals surface area (Å²) in [4.78, 5) is 23.2. The SMILES string of the molecule is CCOc1cc2c(cc1CNC(=O)c1ccc(NC)c([N+](=O)[O-])c1)O[C@@H](C)C2. The van der Waals surface area contributed by atoms with Gasteiger partial charge < -0.3 is 20.1 Å². The Morgan fingerprint density at radius 2 is 2.14 bits per heavy atom. The van der Waals surface area contributed by atoms with Crippen LogP contribution in [0.4, 0.5) is 11.4 Å². The number of nitrogens with one attached hydrogen (secondary N) is 2. The highest BCUT2D eigenvalue weighted by Crippen LogP contribution is 2.35. The lowest BCUT2D eigenvalue weighted by Crippen LogP contribution is -2.23. The number of nitro benzene ring substituents is 1. The van der Waals surface area contributed by atoms with Crippen molar-refractivity contribution in [1.29, 1.82) is 0 Å². The number of amides is 1. The van der Waals surface area contributed by atoms with Gasteiger partial charge in [0.05, 0.1) is 11.5 Å². The van der Waals surface area contributed by atoms with E-state index in [1.807, 2.05) is 26.0 Å². The Hall–Kier alpha value is -3.29. The molecule has 28 heavy (non-hydrogen) atoms. The molecule has 2 N–H and O–H groups in total. The van der Waals surface area contributed by atoms with E-state index in [0.29, 0.717) is 18.0 Å². The van der Waals surface area contributed by atoms with Crippen LogP contribution >= 0.6 is 0 Å². The maximum Gasteiger partial charge on any atom is 0.293 e. The Bertz CT molecular complexity index is 913. The summed E-state index contributed by atoms with van der Waals surface area (Å²) in [5, 5.41) is 16.7. The van der Waals surface area contributed by atoms with Gasteiger partial charge in [-0.1, -0.05) is 0 Å². The first kappa shape index (κ1) is 19.5. The number of ether oxygens (including phenoxy) is 2. The summed E-state index contributed by atoms with van der Waals surface area (Å²) in [5.41, 5.74) is 2.30. The van der Waals surface area contributed by atoms with E-state index < -0.39 is 10.8 Å². The van der Waals surface area contributed by atoms with Crippen molar-refractivity contribution < 1.29 is 19.2 Å². The molecule has 0 bridgehead atoms. The van der Waals surface area contributed by atoms with Gasteiger partial charge in [-0.15, -0.1) is 0 Å². The fraction of sp³-hybridized carbons (Fsp3) is 0.350. The number of fused-ring (bicyclic) bond motifs is 1. The molecule has 0 saturated carbocycles. The molecule has 2 aromatic rings. The van der Waals surface area contributed by atoms with Gasteiger partial charge in [0, 0.05) is 42.8 Å². The lowest BCUT2D eigenvalue weighted by Gasteiger charge is -2.13. The largest absolute Gasteiger partial charge is 0.494 e. The molecule has 1 atom stereocenters. The average molecular weight is 385 g/mol. The second kappa shape index (κ2) is 8.16. The standard InChI is InChI=1S/C20H23N3O5/c1-4-27-18-9-14-7-12(2)28-19(14)10-15(18)11-22-20(24)13-5-6-16(21-3)17(8-13)23(25)26/h5-6,8-10,12,21H,4,7,11H2,1-3H3,(H,22,24)/t12-/m0/s1. The molecule has 0 spiro atoms. The van der Waals surface area contributed by atoms with E-state index >= 15 is 0 Å². The molecule has 3 rings (SSSR count). The van der Waals surface area contributed by atoms with Gasteiger partial charge in [0.15, 0.2) is 0 Å². The number of hydrogen-bond donors (Lipinski definition) is 2. The van der Waals surface area contributed by atoms with E-state index in [9.17, 15) is 14.9 Å². The van der Waals surface area contributed by atoms with Gasteiger partial charge in [-0.25, -0.2) is 0 Å². The molecule has 0 unspecified atom stereocenters. The fourth-order valence-corrected chi connectivity index (χ4v) is 3.22. The van der Waals surface area contributed by atoms with Crippen molar-refractivity contribution in [3.63, 3.8) is 0 Å². The molecular weight excluding hydrogens is 362 g/mol. The molecule has 1 aliphatic heterocycles. The van der Waals surface area contributed by atoms with Crippen LogP contribution in [0.15, 0.2) is 30.3 Å². The van der Waals surface area contributed by atoms with E-state index in [-0.39, 0.29) is 23.9 Å². The molecule has 0 aliphatic carbocycles. The quantitative estimate of drug-likeness (QED) is 0.560. The second-order valence-electron chi connectivity index (χ2n) is 6.55. The number of anilines is 1. The molecule has 2 aromatic carbocycles. The number of carbonyl (C=O) groups is 1. The molecule has 0 saturated heterocycles. The number of nitro groups is 1. The Balaban J connectivity index is 1.79. The molecular formula is C20H23N3O5. The number of benzene rings is 2. The van der Waals surface area contributed by atoms with Crippen molar-refractivity contribution in [1.82, 2.24) is 5.32 Å². The maximum absolute atomic E-state index is 12.5. The van der Waals surface area contributed by atoms with Crippen molar-refractivity contribution in [3.8, 4) is 11.5 Å². The highest BCUT2D eigenvalue weighted by atomic mass is 16.6. The maximum atomic E-state index is 12.5. The average Bonchev–Trinajstić information content (AvgIpc) is 3.04. The van der Waals surface area contributed by atoms with Crippen molar-refractivity contribution in [2.45, 2.75) is 32.9 Å². The molecule has 1 amide bonds. The third-order valence-corrected chi connectivity index (χ3v) is 4.54. The summed E-state index contributed by atoms with van der Waals surface area (Å²) in [7, 11) is 1.59. The molecule has 8 heteroatoms. The van der Waals surface area contributed by atoms with Crippen molar-refractivity contribution in [3.05, 3.63) is 57.1 Å². The minimum atomic E-state index is -0.519. The van der Waals surface area contributed by atoms with Crippen LogP contribution in [0.5, 0.6) is 11.5 Å². The van der Waals surface area contributed by atoms with E-state index in [4.69, 9.17) is 9.47 Å². The molecule has 148 valence electrons. The third-order valence-electron chi connectivity index (χ3n) is 4.54. The third kappa shape index (κ3) is 4.00. The van der Waals surface area contributed by atoms with Crippen LogP contribution in [0.1, 0.15) is 35.3 Å². The molecule has 1 aliphatic rings. The van der Waals surface area contributed by atoms with Crippen LogP contribution < -0.4 is 20.1 Å². The predicted molar refractivity (Wildman–Crippen MR) is 105 cm³/mol. The molecule has 0 aromatic heterocycles. The van der Waals surface area contributed by atoms with Gasteiger partial charge in [0.1, 0.15) is 23.3 Å². The smallest absolute Gasteiger partial charge is 0.293 e. The Morgan fingerprint density at radius 1 is 1.36 bits per heavy atom. The zero-order valence-corrected chi connectivity index (χ0v) is 16.1. The first-order valence-electron chi connectivity index (χ1n) is 9.12. The van der Waals surface area contributed by atoms with Crippen LogP contribution in [-0.4, -0.2) is 30.6 Å². The second-order valence-corrected chi connectivity index (χ2v) is 6.55. The Kier molecular flexibility index (Phi) is 5.67. The molecule has 0 radical (unpaired) electrons. The van der Waals surface area contributed by atoms with Crippen LogP contribution in [0.3, 0.4) is 0 Å². The van der Waals surface area contributed by atoms with Crippen LogP contribution in [0.25, 0.3) is 0 Å². The number of carbonyl (C=O) groups excluding carboxylic acids is 1. The highest BCUT2D eigenvalue weighted by molar-refractivity contribution is 5.95. The van der Waals surface area contributed by atoms with E-state index in [1.54, 1.807) is 13.1 Å². The number of nitrogens with zero attached hydrogens (tertiary/aromatic N) is 1. The van der Waals surface area contributed by atoms with Gasteiger partial charge in [-0.3, -0.25) is 14.9 Å². The number of rotatable bonds is 7. The van der Waals surface area contributed by atoms with Crippen molar-refractivity contribution >= 4 is 17.3 Å². The zero-order valence-electron chi connectivity index (χ0n) is 16.1. The van der Waals surface area contributed by atoms with E-state index in [1.165, 1.54) is 12.1 Å². The van der Waals surface area contributed by atoms with Crippen LogP contribution in [0.2, 0.25) is 0 Å². The monoisotopic (exact) mass is 385 g/mol. The van der Waals surface area contributed by atoms with Gasteiger partial charge >= 0.3 is 0 Å². The Labute approximate surface area is 163 Å². The summed E-state index contributed by atoms with van der Waals surface area (Å²) >= 11 is 0. The normalized spacial score (nSPS) is 14.8. The van der Waals surface area contributed by atoms with Gasteiger partial charge in [-0.05, 0) is 38.1 Å². The minimum absolute atomic E-state index is 0.112. The van der Waals surface area contributed by atoms with Gasteiger partial charge in [0.25, 0.3) is 11.6 Å². The lowest BCUT2D eigenvalue weighted by atomic mass is 10.1. The first-order valence-corrected chi connectivity index (χ1v) is 9.12. The summed E-state index contributed by atoms with van der Waals surface area (Å²) in [6, 6.07) is 8.17. The summed E-state index contributed by atoms with van der Waals surface area (Å²) in [6.45, 7) is 4.63. The summed E-state index contributed by atoms with van der Waals surface area (Å²) in [5.74, 6) is 1.10. The highest BCUT2D eigenvalue weighted by Gasteiger charge is 2.22. The molecule has 1 heterocycles. The minimum Gasteiger partial charge on any atom is -0.494 e. The van der Waals surface area contributed by atoms with Crippen molar-refractivity contribution in [2.75, 3.05) is 19.0 Å². The van der Waals surface area contributed by atoms with Gasteiger partial charge in [-0.2, -0.15) is 0 Å². The van der Waals surface area contributed by atoms with Gasteiger partial charge in [0.2, 0.25) is 0 Å². The molecule has 8 nitrogen and oxygen atoms in total. The topological polar surface area (TPSA) is 103 Å². The summed E-state index contributed by atoms with van der Waals surface area (Å²) in [6.07, 6.45) is 0.935. The van der Waals surface area contributed by atoms with Crippen LogP contribution in [0, 0.1) is 10.1 Å². The predicted octanol–water partition coefficient (Wildman–Crippen LogP) is 3.29. The van der Waals surface area contributed by atoms with E-state index in [2.05, 4.69) is 10.6 Å². The van der Waals surface area contributed by atoms with Crippen LogP contribution in [-0.2, 0) is 13.0 Å². The summed E-state index contributed by atoms with van der Waals surface area (Å²) < 4.78 is 11.5.